The third-order valence-electron chi connectivity index (χ3n) is 7.09. The molecule has 0 aliphatic carbocycles. The fourth-order valence-corrected chi connectivity index (χ4v) is 5.14. The number of carbonyl (C=O) groups excluding carboxylic acids is 3. The molecule has 0 spiro atoms. The molecule has 0 aromatic heterocycles. The topological polar surface area (TPSA) is 57.7 Å². The number of likely N-dealkylation sites (tertiary alicyclic amines) is 1. The number of nitrogens with zero attached hydrogens (tertiary/aromatic N) is 2. The van der Waals surface area contributed by atoms with E-state index >= 15 is 0 Å². The van der Waals surface area contributed by atoms with Gasteiger partial charge in [0.05, 0.1) is 6.54 Å². The van der Waals surface area contributed by atoms with Crippen LogP contribution in [-0.2, 0) is 4.79 Å². The van der Waals surface area contributed by atoms with Gasteiger partial charge in [-0.2, -0.15) is 0 Å². The van der Waals surface area contributed by atoms with Gasteiger partial charge in [0.25, 0.3) is 0 Å². The Balaban J connectivity index is 1.85. The van der Waals surface area contributed by atoms with E-state index in [1.54, 1.807) is 75.6 Å². The average Bonchev–Trinajstić information content (AvgIpc) is 2.90. The van der Waals surface area contributed by atoms with Crippen LogP contribution in [-0.4, -0.2) is 61.0 Å². The summed E-state index contributed by atoms with van der Waals surface area (Å²) in [5, 5.41) is 0. The summed E-state index contributed by atoms with van der Waals surface area (Å²) in [5.41, 5.74) is 2.18. The Morgan fingerprint density at radius 3 is 1.78 bits per heavy atom. The molecule has 1 fully saturated rings. The summed E-state index contributed by atoms with van der Waals surface area (Å²) in [6, 6.07) is 22.8. The van der Waals surface area contributed by atoms with Crippen molar-refractivity contribution in [2.24, 2.45) is 11.8 Å². The van der Waals surface area contributed by atoms with E-state index < -0.39 is 17.8 Å². The van der Waals surface area contributed by atoms with E-state index in [4.69, 9.17) is 0 Å². The lowest BCUT2D eigenvalue weighted by Gasteiger charge is -2.43. The van der Waals surface area contributed by atoms with Crippen molar-refractivity contribution in [2.45, 2.75) is 12.8 Å². The molecule has 2 atom stereocenters. The first-order valence-electron chi connectivity index (χ1n) is 12.1. The number of piperidine rings is 1. The second-order valence-corrected chi connectivity index (χ2v) is 9.64. The van der Waals surface area contributed by atoms with Crippen molar-refractivity contribution in [3.8, 4) is 0 Å². The lowest BCUT2D eigenvalue weighted by Crippen LogP contribution is -2.52. The van der Waals surface area contributed by atoms with Crippen LogP contribution in [0.25, 0.3) is 0 Å². The zero-order chi connectivity index (χ0) is 25.8. The molecule has 1 amide bonds. The summed E-state index contributed by atoms with van der Waals surface area (Å²) in [6.07, 6.45) is 0. The maximum Gasteiger partial charge on any atom is 0.236 e. The van der Waals surface area contributed by atoms with Crippen molar-refractivity contribution in [2.75, 3.05) is 33.7 Å². The van der Waals surface area contributed by atoms with Crippen LogP contribution in [0.1, 0.15) is 37.8 Å². The number of hydrogen-bond donors (Lipinski definition) is 0. The molecule has 1 heterocycles. The molecule has 0 bridgehead atoms. The molecule has 3 aromatic carbocycles. The van der Waals surface area contributed by atoms with Crippen LogP contribution in [0.3, 0.4) is 0 Å². The predicted molar refractivity (Wildman–Crippen MR) is 138 cm³/mol. The summed E-state index contributed by atoms with van der Waals surface area (Å²) in [5.74, 6) is -2.49. The molecule has 4 rings (SSSR count). The standard InChI is InChI=1S/C30H31FN2O3/c1-20-23(15-10-16-26(20)31)28-24(29(35)21-11-6-4-7-12-21)17-33(19-27(34)32(2)3)18-25(28)30(36)22-13-8-5-9-14-22/h4-16,24-25,28H,17-19H2,1-3H3/t24-,25-/m0/s1. The minimum absolute atomic E-state index is 0.0962. The number of carbonyl (C=O) groups is 3. The van der Waals surface area contributed by atoms with Gasteiger partial charge in [0.2, 0.25) is 5.91 Å². The summed E-state index contributed by atoms with van der Waals surface area (Å²) in [7, 11) is 3.37. The third-order valence-corrected chi connectivity index (χ3v) is 7.09. The van der Waals surface area contributed by atoms with Gasteiger partial charge >= 0.3 is 0 Å². The van der Waals surface area contributed by atoms with Gasteiger partial charge in [0.1, 0.15) is 5.82 Å². The van der Waals surface area contributed by atoms with Crippen molar-refractivity contribution in [1.82, 2.24) is 9.80 Å². The highest BCUT2D eigenvalue weighted by atomic mass is 19.1. The molecule has 3 aromatic rings. The second kappa shape index (κ2) is 11.0. The van der Waals surface area contributed by atoms with Gasteiger partial charge in [-0.25, -0.2) is 4.39 Å². The highest BCUT2D eigenvalue weighted by molar-refractivity contribution is 6.02. The van der Waals surface area contributed by atoms with Crippen molar-refractivity contribution in [3.05, 3.63) is 107 Å². The molecular weight excluding hydrogens is 455 g/mol. The average molecular weight is 487 g/mol. The zero-order valence-corrected chi connectivity index (χ0v) is 20.9. The summed E-state index contributed by atoms with van der Waals surface area (Å²) in [6.45, 7) is 2.39. The van der Waals surface area contributed by atoms with Gasteiger partial charge in [-0.3, -0.25) is 19.3 Å². The molecule has 0 radical (unpaired) electrons. The Hall–Kier alpha value is -3.64. The first-order chi connectivity index (χ1) is 17.3. The third kappa shape index (κ3) is 5.29. The molecule has 5 nitrogen and oxygen atoms in total. The number of halogens is 1. The second-order valence-electron chi connectivity index (χ2n) is 9.64. The number of amides is 1. The van der Waals surface area contributed by atoms with Gasteiger partial charge in [-0.15, -0.1) is 0 Å². The smallest absolute Gasteiger partial charge is 0.236 e. The Bertz CT molecular complexity index is 1180. The van der Waals surface area contributed by atoms with Crippen molar-refractivity contribution < 1.29 is 18.8 Å². The number of benzene rings is 3. The lowest BCUT2D eigenvalue weighted by molar-refractivity contribution is -0.130. The highest BCUT2D eigenvalue weighted by Gasteiger charge is 2.45. The van der Waals surface area contributed by atoms with Gasteiger partial charge in [0.15, 0.2) is 11.6 Å². The molecule has 1 aliphatic rings. The molecule has 0 saturated carbocycles. The predicted octanol–water partition coefficient (Wildman–Crippen LogP) is 4.62. The normalized spacial score (nSPS) is 18.6. The Kier molecular flexibility index (Phi) is 7.75. The van der Waals surface area contributed by atoms with Gasteiger partial charge < -0.3 is 4.90 Å². The summed E-state index contributed by atoms with van der Waals surface area (Å²) in [4.78, 5) is 43.9. The van der Waals surface area contributed by atoms with Crippen LogP contribution in [0.2, 0.25) is 0 Å². The van der Waals surface area contributed by atoms with Gasteiger partial charge in [0, 0.05) is 56.1 Å². The molecule has 0 unspecified atom stereocenters. The maximum atomic E-state index is 14.7. The van der Waals surface area contributed by atoms with E-state index in [9.17, 15) is 18.8 Å². The molecular formula is C30H31FN2O3. The van der Waals surface area contributed by atoms with E-state index in [2.05, 4.69) is 0 Å². The monoisotopic (exact) mass is 486 g/mol. The molecule has 0 N–H and O–H groups in total. The van der Waals surface area contributed by atoms with E-state index in [1.807, 2.05) is 23.1 Å². The van der Waals surface area contributed by atoms with E-state index in [0.29, 0.717) is 35.3 Å². The first-order valence-corrected chi connectivity index (χ1v) is 12.1. The molecule has 1 saturated heterocycles. The number of hydrogen-bond acceptors (Lipinski definition) is 4. The zero-order valence-electron chi connectivity index (χ0n) is 20.9. The summed E-state index contributed by atoms with van der Waals surface area (Å²) >= 11 is 0. The Morgan fingerprint density at radius 1 is 0.806 bits per heavy atom. The maximum absolute atomic E-state index is 14.7. The van der Waals surface area contributed by atoms with E-state index in [0.717, 1.165) is 0 Å². The number of ketones is 2. The number of likely N-dealkylation sites (N-methyl/N-ethyl adjacent to an activating group) is 1. The largest absolute Gasteiger partial charge is 0.348 e. The quantitative estimate of drug-likeness (QED) is 0.458. The van der Waals surface area contributed by atoms with Crippen molar-refractivity contribution in [3.63, 3.8) is 0 Å². The molecule has 1 aliphatic heterocycles. The minimum Gasteiger partial charge on any atom is -0.348 e. The van der Waals surface area contributed by atoms with E-state index in [-0.39, 0.29) is 29.8 Å². The van der Waals surface area contributed by atoms with Crippen LogP contribution in [0.4, 0.5) is 4.39 Å². The fourth-order valence-electron chi connectivity index (χ4n) is 5.14. The lowest BCUT2D eigenvalue weighted by atomic mass is 9.68. The molecule has 36 heavy (non-hydrogen) atoms. The van der Waals surface area contributed by atoms with Gasteiger partial charge in [-0.05, 0) is 24.1 Å². The van der Waals surface area contributed by atoms with Crippen LogP contribution >= 0.6 is 0 Å². The van der Waals surface area contributed by atoms with Gasteiger partial charge in [-0.1, -0.05) is 72.8 Å². The number of rotatable bonds is 7. The van der Waals surface area contributed by atoms with Crippen LogP contribution in [0.5, 0.6) is 0 Å². The van der Waals surface area contributed by atoms with E-state index in [1.165, 1.54) is 11.0 Å². The highest BCUT2D eigenvalue weighted by Crippen LogP contribution is 2.42. The molecule has 186 valence electrons. The Morgan fingerprint density at radius 2 is 1.31 bits per heavy atom. The van der Waals surface area contributed by atoms with Crippen molar-refractivity contribution in [1.29, 1.82) is 0 Å². The van der Waals surface area contributed by atoms with Crippen LogP contribution in [0, 0.1) is 24.6 Å². The number of Topliss-reactive ketones (excluding diaryl/α,β-unsaturated/α-hetero) is 2. The molecule has 6 heteroatoms. The van der Waals surface area contributed by atoms with Crippen molar-refractivity contribution >= 4 is 17.5 Å². The van der Waals surface area contributed by atoms with Crippen LogP contribution < -0.4 is 0 Å². The summed E-state index contributed by atoms with van der Waals surface area (Å²) < 4.78 is 14.7. The SMILES string of the molecule is Cc1c(F)cccc1C1[C@@H](C(=O)c2ccccc2)CN(CC(=O)N(C)C)C[C@@H]1C(=O)c1ccccc1. The van der Waals surface area contributed by atoms with Crippen LogP contribution in [0.15, 0.2) is 78.9 Å². The Labute approximate surface area is 211 Å². The fraction of sp³-hybridized carbons (Fsp3) is 0.300. The minimum atomic E-state index is -0.630. The first kappa shape index (κ1) is 25.5.